The summed E-state index contributed by atoms with van der Waals surface area (Å²) in [6, 6.07) is 29.7. The van der Waals surface area contributed by atoms with E-state index in [4.69, 9.17) is 14.2 Å². The molecule has 3 nitrogen and oxygen atoms in total. The molecule has 0 aliphatic heterocycles. The third-order valence-corrected chi connectivity index (χ3v) is 6.68. The zero-order valence-electron chi connectivity index (χ0n) is 24.7. The third kappa shape index (κ3) is 8.56. The number of benzene rings is 3. The quantitative estimate of drug-likeness (QED) is 0.227. The van der Waals surface area contributed by atoms with Gasteiger partial charge in [-0.2, -0.15) is 0 Å². The highest BCUT2D eigenvalue weighted by atomic mass is 32.1. The molecule has 0 saturated carbocycles. The van der Waals surface area contributed by atoms with Gasteiger partial charge in [-0.1, -0.05) is 12.1 Å². The van der Waals surface area contributed by atoms with Crippen molar-refractivity contribution < 1.29 is 14.2 Å². The van der Waals surface area contributed by atoms with Crippen LogP contribution in [-0.4, -0.2) is 16.8 Å². The highest BCUT2D eigenvalue weighted by molar-refractivity contribution is 7.18. The number of ether oxygens (including phenoxy) is 3. The average molecular weight is 542 g/mol. The summed E-state index contributed by atoms with van der Waals surface area (Å²) in [5.74, 6) is 2.61. The van der Waals surface area contributed by atoms with Crippen molar-refractivity contribution in [2.24, 2.45) is 0 Å². The molecule has 4 rings (SSSR count). The predicted molar refractivity (Wildman–Crippen MR) is 166 cm³/mol. The van der Waals surface area contributed by atoms with Gasteiger partial charge in [-0.15, -0.1) is 0 Å². The van der Waals surface area contributed by atoms with Crippen LogP contribution in [0.4, 0.5) is 0 Å². The van der Waals surface area contributed by atoms with Crippen LogP contribution < -0.4 is 14.2 Å². The Hall–Kier alpha value is -3.37. The smallest absolute Gasteiger partial charge is 0.239 e. The summed E-state index contributed by atoms with van der Waals surface area (Å²) < 4.78 is 18.1. The minimum atomic E-state index is -0.234. The molecule has 0 atom stereocenters. The van der Waals surface area contributed by atoms with Crippen LogP contribution >= 0.6 is 11.3 Å². The second kappa shape index (κ2) is 11.0. The molecule has 3 aromatic carbocycles. The van der Waals surface area contributed by atoms with Crippen LogP contribution in [-0.2, 0) is 0 Å². The van der Waals surface area contributed by atoms with Gasteiger partial charge in [0.25, 0.3) is 0 Å². The van der Waals surface area contributed by atoms with E-state index in [9.17, 15) is 0 Å². The first-order valence-corrected chi connectivity index (χ1v) is 14.3. The van der Waals surface area contributed by atoms with E-state index in [-0.39, 0.29) is 16.8 Å². The van der Waals surface area contributed by atoms with Gasteiger partial charge in [0.15, 0.2) is 0 Å². The Morgan fingerprint density at radius 1 is 0.385 bits per heavy atom. The molecule has 0 aliphatic rings. The van der Waals surface area contributed by atoms with Gasteiger partial charge in [0.05, 0.1) is 0 Å². The van der Waals surface area contributed by atoms with Gasteiger partial charge < -0.3 is 14.2 Å². The Kier molecular flexibility index (Phi) is 8.09. The van der Waals surface area contributed by atoms with Crippen LogP contribution in [0.2, 0.25) is 0 Å². The number of hydrogen-bond donors (Lipinski definition) is 0. The first-order chi connectivity index (χ1) is 18.1. The molecular formula is C35H41O3S+. The van der Waals surface area contributed by atoms with Gasteiger partial charge in [-0.05, 0) is 134 Å². The molecule has 4 heteroatoms. The normalized spacial score (nSPS) is 12.2. The lowest BCUT2D eigenvalue weighted by Crippen LogP contribution is -2.22. The van der Waals surface area contributed by atoms with Crippen molar-refractivity contribution in [2.75, 3.05) is 0 Å². The number of hydrogen-bond acceptors (Lipinski definition) is 3. The van der Waals surface area contributed by atoms with Gasteiger partial charge in [0.1, 0.15) is 34.1 Å². The van der Waals surface area contributed by atoms with E-state index in [0.29, 0.717) is 0 Å². The highest BCUT2D eigenvalue weighted by Crippen LogP contribution is 2.39. The molecule has 0 amide bonds. The zero-order valence-corrected chi connectivity index (χ0v) is 25.5. The van der Waals surface area contributed by atoms with E-state index in [1.165, 1.54) is 9.75 Å². The Labute approximate surface area is 238 Å². The van der Waals surface area contributed by atoms with Crippen LogP contribution in [0.1, 0.15) is 62.3 Å². The van der Waals surface area contributed by atoms with Gasteiger partial charge in [0.2, 0.25) is 21.1 Å². The Morgan fingerprint density at radius 2 is 0.667 bits per heavy atom. The maximum Gasteiger partial charge on any atom is 0.239 e. The van der Waals surface area contributed by atoms with Gasteiger partial charge in [-0.25, -0.2) is 0 Å². The standard InChI is InChI=1S/C35H41O3S/c1-33(2,3)36-28-16-10-24(11-17-28)27-22-31(25-12-18-29(19-13-25)37-34(4,5)6)39-32(23-27)26-14-20-30(21-15-26)38-35(7,8)9/h10-23H,1-9H3/q+1. The fourth-order valence-electron chi connectivity index (χ4n) is 4.10. The fraction of sp³-hybridized carbons (Fsp3) is 0.343. The summed E-state index contributed by atoms with van der Waals surface area (Å²) in [7, 11) is 0. The monoisotopic (exact) mass is 541 g/mol. The molecule has 0 unspecified atom stereocenters. The molecule has 204 valence electrons. The van der Waals surface area contributed by atoms with E-state index in [1.54, 1.807) is 11.3 Å². The Morgan fingerprint density at radius 3 is 0.949 bits per heavy atom. The molecular weight excluding hydrogens is 500 g/mol. The van der Waals surface area contributed by atoms with E-state index in [0.717, 1.165) is 39.5 Å². The lowest BCUT2D eigenvalue weighted by atomic mass is 10.0. The lowest BCUT2D eigenvalue weighted by Gasteiger charge is -2.21. The molecule has 39 heavy (non-hydrogen) atoms. The van der Waals surface area contributed by atoms with Gasteiger partial charge in [0, 0.05) is 23.3 Å². The Bertz CT molecular complexity index is 1200. The molecule has 0 radical (unpaired) electrons. The second-order valence-electron chi connectivity index (χ2n) is 12.8. The first kappa shape index (κ1) is 28.6. The summed E-state index contributed by atoms with van der Waals surface area (Å²) in [5, 5.41) is 0. The molecule has 0 aliphatic carbocycles. The van der Waals surface area contributed by atoms with Crippen molar-refractivity contribution in [2.45, 2.75) is 79.1 Å². The SMILES string of the molecule is CC(C)(C)Oc1ccc(-c2cc(-c3ccc(OC(C)(C)C)cc3)[s+]c(-c3ccc(OC(C)(C)C)cc3)c2)cc1. The second-order valence-corrected chi connectivity index (χ2v) is 13.9. The maximum absolute atomic E-state index is 6.05. The first-order valence-electron chi connectivity index (χ1n) is 13.5. The Balaban J connectivity index is 1.74. The van der Waals surface area contributed by atoms with Crippen molar-refractivity contribution in [3.63, 3.8) is 0 Å². The van der Waals surface area contributed by atoms with Crippen molar-refractivity contribution in [3.8, 4) is 49.3 Å². The van der Waals surface area contributed by atoms with Crippen LogP contribution in [0.5, 0.6) is 17.2 Å². The molecule has 0 spiro atoms. The topological polar surface area (TPSA) is 27.7 Å². The summed E-state index contributed by atoms with van der Waals surface area (Å²) in [6.45, 7) is 18.6. The van der Waals surface area contributed by atoms with Gasteiger partial charge in [-0.3, -0.25) is 0 Å². The summed E-state index contributed by atoms with van der Waals surface area (Å²) in [5.41, 5.74) is 3.92. The van der Waals surface area contributed by atoms with Crippen molar-refractivity contribution in [3.05, 3.63) is 84.9 Å². The third-order valence-electron chi connectivity index (χ3n) is 5.53. The summed E-state index contributed by atoms with van der Waals surface area (Å²) in [4.78, 5) is 2.38. The van der Waals surface area contributed by atoms with E-state index in [2.05, 4.69) is 135 Å². The van der Waals surface area contributed by atoms with Crippen LogP contribution in [0, 0.1) is 0 Å². The van der Waals surface area contributed by atoms with Crippen molar-refractivity contribution >= 4 is 11.3 Å². The van der Waals surface area contributed by atoms with E-state index in [1.807, 2.05) is 12.1 Å². The fourth-order valence-corrected chi connectivity index (χ4v) is 5.22. The zero-order chi connectivity index (χ0) is 28.4. The predicted octanol–water partition coefficient (Wildman–Crippen LogP) is 10.6. The molecule has 4 aromatic rings. The largest absolute Gasteiger partial charge is 0.488 e. The van der Waals surface area contributed by atoms with Crippen LogP contribution in [0.15, 0.2) is 84.9 Å². The molecule has 0 saturated heterocycles. The highest BCUT2D eigenvalue weighted by Gasteiger charge is 2.21. The molecule has 1 aromatic heterocycles. The average Bonchev–Trinajstić information content (AvgIpc) is 2.82. The van der Waals surface area contributed by atoms with Gasteiger partial charge >= 0.3 is 0 Å². The minimum absolute atomic E-state index is 0.233. The minimum Gasteiger partial charge on any atom is -0.488 e. The van der Waals surface area contributed by atoms with Crippen molar-refractivity contribution in [1.29, 1.82) is 0 Å². The number of rotatable bonds is 6. The molecule has 0 N–H and O–H groups in total. The lowest BCUT2D eigenvalue weighted by molar-refractivity contribution is 0.130. The molecule has 0 bridgehead atoms. The molecule has 0 fully saturated rings. The van der Waals surface area contributed by atoms with Crippen LogP contribution in [0.3, 0.4) is 0 Å². The molecule has 1 heterocycles. The van der Waals surface area contributed by atoms with E-state index >= 15 is 0 Å². The summed E-state index contributed by atoms with van der Waals surface area (Å²) in [6.07, 6.45) is 0. The maximum atomic E-state index is 6.05. The van der Waals surface area contributed by atoms with Crippen LogP contribution in [0.25, 0.3) is 32.0 Å². The summed E-state index contributed by atoms with van der Waals surface area (Å²) >= 11 is 1.78. The van der Waals surface area contributed by atoms with E-state index < -0.39 is 0 Å². The van der Waals surface area contributed by atoms with Crippen molar-refractivity contribution in [1.82, 2.24) is 0 Å².